The van der Waals surface area contributed by atoms with E-state index < -0.39 is 11.9 Å². The summed E-state index contributed by atoms with van der Waals surface area (Å²) in [6, 6.07) is 13.1. The fourth-order valence-corrected chi connectivity index (χ4v) is 2.20. The Morgan fingerprint density at radius 2 is 1.15 bits per heavy atom. The molecule has 0 atom stereocenters. The molecule has 2 aromatic rings. The average molecular weight is 400 g/mol. The van der Waals surface area contributed by atoms with Gasteiger partial charge in [0.05, 0.1) is 11.1 Å². The molecule has 0 saturated heterocycles. The number of rotatable bonds is 2. The van der Waals surface area contributed by atoms with Crippen molar-refractivity contribution >= 4 is 43.8 Å². The zero-order valence-corrected chi connectivity index (χ0v) is 13.2. The van der Waals surface area contributed by atoms with Crippen LogP contribution in [-0.2, 0) is 9.78 Å². The molecular formula is C14H8Br2O4. The van der Waals surface area contributed by atoms with Crippen LogP contribution in [0.3, 0.4) is 0 Å². The van der Waals surface area contributed by atoms with Crippen molar-refractivity contribution in [3.8, 4) is 0 Å². The molecule has 102 valence electrons. The van der Waals surface area contributed by atoms with Gasteiger partial charge in [0.2, 0.25) is 0 Å². The molecule has 0 amide bonds. The van der Waals surface area contributed by atoms with Crippen molar-refractivity contribution in [2.24, 2.45) is 0 Å². The van der Waals surface area contributed by atoms with Crippen molar-refractivity contribution in [3.05, 3.63) is 68.6 Å². The van der Waals surface area contributed by atoms with Crippen molar-refractivity contribution in [1.29, 1.82) is 0 Å². The van der Waals surface area contributed by atoms with E-state index in [1.165, 1.54) is 0 Å². The molecule has 4 nitrogen and oxygen atoms in total. The lowest BCUT2D eigenvalue weighted by atomic mass is 10.2. The van der Waals surface area contributed by atoms with Crippen LogP contribution in [0.25, 0.3) is 0 Å². The SMILES string of the molecule is O=C(OOC(=O)c1cccc(Br)c1)c1cccc(Br)c1. The highest BCUT2D eigenvalue weighted by atomic mass is 79.9. The van der Waals surface area contributed by atoms with Crippen LogP contribution in [0.4, 0.5) is 0 Å². The molecule has 6 heteroatoms. The average Bonchev–Trinajstić information content (AvgIpc) is 2.44. The first kappa shape index (κ1) is 14.7. The van der Waals surface area contributed by atoms with E-state index in [9.17, 15) is 9.59 Å². The highest BCUT2D eigenvalue weighted by Gasteiger charge is 2.14. The zero-order chi connectivity index (χ0) is 14.5. The molecule has 0 radical (unpaired) electrons. The van der Waals surface area contributed by atoms with Gasteiger partial charge in [-0.25, -0.2) is 19.4 Å². The Hall–Kier alpha value is -1.66. The first-order valence-electron chi connectivity index (χ1n) is 5.50. The lowest BCUT2D eigenvalue weighted by Gasteiger charge is -2.04. The molecule has 0 N–H and O–H groups in total. The predicted molar refractivity (Wildman–Crippen MR) is 79.1 cm³/mol. The molecule has 0 aliphatic heterocycles. The Balaban J connectivity index is 1.98. The van der Waals surface area contributed by atoms with E-state index in [1.807, 2.05) is 0 Å². The van der Waals surface area contributed by atoms with Gasteiger partial charge in [-0.05, 0) is 36.4 Å². The molecule has 0 aliphatic rings. The summed E-state index contributed by atoms with van der Waals surface area (Å²) in [5, 5.41) is 0. The van der Waals surface area contributed by atoms with E-state index in [1.54, 1.807) is 48.5 Å². The highest BCUT2D eigenvalue weighted by molar-refractivity contribution is 9.10. The molecule has 2 aromatic carbocycles. The van der Waals surface area contributed by atoms with Crippen molar-refractivity contribution in [2.75, 3.05) is 0 Å². The molecule has 0 bridgehead atoms. The summed E-state index contributed by atoms with van der Waals surface area (Å²) in [4.78, 5) is 32.4. The minimum atomic E-state index is -0.741. The number of benzene rings is 2. The summed E-state index contributed by atoms with van der Waals surface area (Å²) in [5.74, 6) is -1.48. The summed E-state index contributed by atoms with van der Waals surface area (Å²) in [6.45, 7) is 0. The molecule has 0 spiro atoms. The fourth-order valence-electron chi connectivity index (χ4n) is 1.40. The standard InChI is InChI=1S/C14H8Br2O4/c15-11-5-1-3-9(7-11)13(17)19-20-14(18)10-4-2-6-12(16)8-10/h1-8H. The van der Waals surface area contributed by atoms with E-state index in [0.717, 1.165) is 8.95 Å². The van der Waals surface area contributed by atoms with E-state index in [-0.39, 0.29) is 11.1 Å². The second kappa shape index (κ2) is 6.67. The minimum absolute atomic E-state index is 0.279. The Morgan fingerprint density at radius 3 is 1.50 bits per heavy atom. The third-order valence-electron chi connectivity index (χ3n) is 2.31. The third kappa shape index (κ3) is 3.91. The van der Waals surface area contributed by atoms with Gasteiger partial charge in [-0.3, -0.25) is 0 Å². The minimum Gasteiger partial charge on any atom is -0.242 e. The third-order valence-corrected chi connectivity index (χ3v) is 3.30. The van der Waals surface area contributed by atoms with Gasteiger partial charge in [-0.1, -0.05) is 44.0 Å². The second-order valence-corrected chi connectivity index (χ2v) is 5.59. The van der Waals surface area contributed by atoms with Gasteiger partial charge >= 0.3 is 11.9 Å². The Bertz CT molecular complexity index is 598. The van der Waals surface area contributed by atoms with Crippen LogP contribution >= 0.6 is 31.9 Å². The monoisotopic (exact) mass is 398 g/mol. The second-order valence-electron chi connectivity index (χ2n) is 3.76. The molecular weight excluding hydrogens is 392 g/mol. The number of hydrogen-bond donors (Lipinski definition) is 0. The molecule has 0 heterocycles. The van der Waals surface area contributed by atoms with E-state index >= 15 is 0 Å². The van der Waals surface area contributed by atoms with Gasteiger partial charge < -0.3 is 0 Å². The van der Waals surface area contributed by atoms with Gasteiger partial charge in [0, 0.05) is 8.95 Å². The zero-order valence-electron chi connectivity index (χ0n) is 10.0. The summed E-state index contributed by atoms with van der Waals surface area (Å²) in [6.07, 6.45) is 0. The van der Waals surface area contributed by atoms with Crippen LogP contribution in [0.5, 0.6) is 0 Å². The number of carbonyl (C=O) groups excluding carboxylic acids is 2. The Labute approximate surface area is 131 Å². The summed E-state index contributed by atoms with van der Waals surface area (Å²) in [7, 11) is 0. The number of carbonyl (C=O) groups is 2. The van der Waals surface area contributed by atoms with Gasteiger partial charge in [-0.15, -0.1) is 0 Å². The maximum absolute atomic E-state index is 11.7. The smallest absolute Gasteiger partial charge is 0.242 e. The van der Waals surface area contributed by atoms with E-state index in [2.05, 4.69) is 41.6 Å². The summed E-state index contributed by atoms with van der Waals surface area (Å²) < 4.78 is 1.45. The highest BCUT2D eigenvalue weighted by Crippen LogP contribution is 2.14. The lowest BCUT2D eigenvalue weighted by molar-refractivity contribution is -0.187. The van der Waals surface area contributed by atoms with Crippen LogP contribution < -0.4 is 0 Å². The van der Waals surface area contributed by atoms with Crippen LogP contribution in [0.2, 0.25) is 0 Å². The fraction of sp³-hybridized carbons (Fsp3) is 0. The van der Waals surface area contributed by atoms with E-state index in [0.29, 0.717) is 0 Å². The predicted octanol–water partition coefficient (Wildman–Crippen LogP) is 4.14. The largest absolute Gasteiger partial charge is 0.386 e. The molecule has 2 rings (SSSR count). The summed E-state index contributed by atoms with van der Waals surface area (Å²) >= 11 is 6.47. The van der Waals surface area contributed by atoms with Crippen molar-refractivity contribution in [2.45, 2.75) is 0 Å². The molecule has 0 saturated carbocycles. The van der Waals surface area contributed by atoms with Crippen molar-refractivity contribution in [3.63, 3.8) is 0 Å². The van der Waals surface area contributed by atoms with E-state index in [4.69, 9.17) is 0 Å². The quantitative estimate of drug-likeness (QED) is 0.562. The first-order chi connectivity index (χ1) is 9.56. The van der Waals surface area contributed by atoms with Crippen LogP contribution in [0.1, 0.15) is 20.7 Å². The van der Waals surface area contributed by atoms with Gasteiger partial charge in [0.1, 0.15) is 0 Å². The van der Waals surface area contributed by atoms with Crippen molar-refractivity contribution < 1.29 is 19.4 Å². The van der Waals surface area contributed by atoms with Crippen LogP contribution in [0, 0.1) is 0 Å². The van der Waals surface area contributed by atoms with Crippen LogP contribution in [0.15, 0.2) is 57.5 Å². The molecule has 0 aliphatic carbocycles. The van der Waals surface area contributed by atoms with Crippen molar-refractivity contribution in [1.82, 2.24) is 0 Å². The van der Waals surface area contributed by atoms with Gasteiger partial charge in [0.25, 0.3) is 0 Å². The molecule has 0 unspecified atom stereocenters. The molecule has 20 heavy (non-hydrogen) atoms. The Morgan fingerprint density at radius 1 is 0.750 bits per heavy atom. The van der Waals surface area contributed by atoms with Crippen LogP contribution in [-0.4, -0.2) is 11.9 Å². The number of hydrogen-bond acceptors (Lipinski definition) is 4. The Kier molecular flexibility index (Phi) is 4.92. The van der Waals surface area contributed by atoms with Gasteiger partial charge in [-0.2, -0.15) is 0 Å². The molecule has 0 fully saturated rings. The summed E-state index contributed by atoms with van der Waals surface area (Å²) in [5.41, 5.74) is 0.558. The normalized spacial score (nSPS) is 9.90. The lowest BCUT2D eigenvalue weighted by Crippen LogP contribution is -2.11. The maximum atomic E-state index is 11.7. The van der Waals surface area contributed by atoms with Gasteiger partial charge in [0.15, 0.2) is 0 Å². The first-order valence-corrected chi connectivity index (χ1v) is 7.09. The number of halogens is 2. The topological polar surface area (TPSA) is 52.6 Å². The maximum Gasteiger partial charge on any atom is 0.386 e. The molecule has 0 aromatic heterocycles.